The molecule has 0 saturated carbocycles. The van der Waals surface area contributed by atoms with Crippen molar-refractivity contribution in [2.45, 2.75) is 46.3 Å². The highest BCUT2D eigenvalue weighted by Crippen LogP contribution is 2.21. The van der Waals surface area contributed by atoms with Crippen molar-refractivity contribution in [3.8, 4) is 5.75 Å². The van der Waals surface area contributed by atoms with Crippen LogP contribution in [0.2, 0.25) is 0 Å². The molecule has 1 atom stereocenters. The van der Waals surface area contributed by atoms with Crippen molar-refractivity contribution in [1.82, 2.24) is 5.32 Å². The van der Waals surface area contributed by atoms with E-state index < -0.39 is 0 Å². The molecule has 0 saturated heterocycles. The number of nitrogens with one attached hydrogen (secondary N) is 2. The molecule has 0 heterocycles. The maximum Gasteiger partial charge on any atom is 0.171 e. The second kappa shape index (κ2) is 8.69. The van der Waals surface area contributed by atoms with Gasteiger partial charge in [-0.15, -0.1) is 0 Å². The Morgan fingerprint density at radius 1 is 1.08 bits per heavy atom. The van der Waals surface area contributed by atoms with Crippen LogP contribution in [0, 0.1) is 6.92 Å². The van der Waals surface area contributed by atoms with Crippen molar-refractivity contribution in [3.63, 3.8) is 0 Å². The Morgan fingerprint density at radius 3 is 2.33 bits per heavy atom. The van der Waals surface area contributed by atoms with Gasteiger partial charge in [-0.25, -0.2) is 0 Å². The summed E-state index contributed by atoms with van der Waals surface area (Å²) in [4.78, 5) is 0. The molecule has 128 valence electrons. The molecule has 2 rings (SSSR count). The first-order valence-electron chi connectivity index (χ1n) is 8.39. The first kappa shape index (κ1) is 18.3. The van der Waals surface area contributed by atoms with E-state index in [-0.39, 0.29) is 12.1 Å². The van der Waals surface area contributed by atoms with Crippen LogP contribution in [0.3, 0.4) is 0 Å². The SMILES string of the molecule is CC[C@@H](NC(=S)Nc1ccc(OC(C)C)cc1)c1ccccc1C. The average Bonchev–Trinajstić information content (AvgIpc) is 2.55. The molecule has 0 amide bonds. The van der Waals surface area contributed by atoms with Gasteiger partial charge in [-0.1, -0.05) is 31.2 Å². The highest BCUT2D eigenvalue weighted by atomic mass is 32.1. The number of anilines is 1. The van der Waals surface area contributed by atoms with Gasteiger partial charge in [-0.3, -0.25) is 0 Å². The summed E-state index contributed by atoms with van der Waals surface area (Å²) >= 11 is 5.47. The summed E-state index contributed by atoms with van der Waals surface area (Å²) in [6.07, 6.45) is 1.14. The normalized spacial score (nSPS) is 11.9. The third-order valence-electron chi connectivity index (χ3n) is 3.76. The van der Waals surface area contributed by atoms with E-state index in [4.69, 9.17) is 17.0 Å². The molecule has 0 aliphatic rings. The summed E-state index contributed by atoms with van der Waals surface area (Å²) < 4.78 is 5.65. The van der Waals surface area contributed by atoms with Crippen LogP contribution in [-0.4, -0.2) is 11.2 Å². The fourth-order valence-corrected chi connectivity index (χ4v) is 2.85. The van der Waals surface area contributed by atoms with Crippen LogP contribution in [0.1, 0.15) is 44.4 Å². The number of benzene rings is 2. The number of ether oxygens (including phenoxy) is 1. The van der Waals surface area contributed by atoms with Crippen molar-refractivity contribution < 1.29 is 4.74 Å². The van der Waals surface area contributed by atoms with E-state index in [1.165, 1.54) is 11.1 Å². The minimum Gasteiger partial charge on any atom is -0.491 e. The van der Waals surface area contributed by atoms with Gasteiger partial charge in [-0.05, 0) is 74.8 Å². The minimum atomic E-state index is 0.172. The number of hydrogen-bond donors (Lipinski definition) is 2. The van der Waals surface area contributed by atoms with Gasteiger partial charge in [0.25, 0.3) is 0 Å². The van der Waals surface area contributed by atoms with E-state index in [9.17, 15) is 0 Å². The first-order chi connectivity index (χ1) is 11.5. The zero-order chi connectivity index (χ0) is 17.5. The smallest absolute Gasteiger partial charge is 0.171 e. The van der Waals surface area contributed by atoms with Crippen LogP contribution in [0.4, 0.5) is 5.69 Å². The van der Waals surface area contributed by atoms with E-state index in [0.29, 0.717) is 5.11 Å². The first-order valence-corrected chi connectivity index (χ1v) is 8.80. The Hall–Kier alpha value is -2.07. The van der Waals surface area contributed by atoms with Gasteiger partial charge in [0.15, 0.2) is 5.11 Å². The van der Waals surface area contributed by atoms with Crippen molar-refractivity contribution in [3.05, 3.63) is 59.7 Å². The quantitative estimate of drug-likeness (QED) is 0.705. The zero-order valence-corrected chi connectivity index (χ0v) is 15.6. The molecular weight excluding hydrogens is 316 g/mol. The molecule has 2 aromatic rings. The Kier molecular flexibility index (Phi) is 6.62. The highest BCUT2D eigenvalue weighted by molar-refractivity contribution is 7.80. The van der Waals surface area contributed by atoms with Gasteiger partial charge < -0.3 is 15.4 Å². The summed E-state index contributed by atoms with van der Waals surface area (Å²) in [5, 5.41) is 7.28. The molecular formula is C20H26N2OS. The van der Waals surface area contributed by atoms with Gasteiger partial charge in [0.2, 0.25) is 0 Å². The molecule has 0 aliphatic heterocycles. The number of hydrogen-bond acceptors (Lipinski definition) is 2. The minimum absolute atomic E-state index is 0.172. The second-order valence-corrected chi connectivity index (χ2v) is 6.52. The van der Waals surface area contributed by atoms with E-state index >= 15 is 0 Å². The van der Waals surface area contributed by atoms with Crippen molar-refractivity contribution in [2.24, 2.45) is 0 Å². The van der Waals surface area contributed by atoms with Crippen LogP contribution in [0.5, 0.6) is 5.75 Å². The third kappa shape index (κ3) is 5.24. The third-order valence-corrected chi connectivity index (χ3v) is 3.98. The van der Waals surface area contributed by atoms with Crippen LogP contribution in [0.15, 0.2) is 48.5 Å². The Labute approximate surface area is 150 Å². The van der Waals surface area contributed by atoms with Crippen molar-refractivity contribution in [2.75, 3.05) is 5.32 Å². The fourth-order valence-electron chi connectivity index (χ4n) is 2.59. The van der Waals surface area contributed by atoms with E-state index in [1.54, 1.807) is 0 Å². The lowest BCUT2D eigenvalue weighted by atomic mass is 10.00. The molecule has 3 nitrogen and oxygen atoms in total. The molecule has 2 aromatic carbocycles. The van der Waals surface area contributed by atoms with Gasteiger partial charge in [0.1, 0.15) is 5.75 Å². The van der Waals surface area contributed by atoms with E-state index in [2.05, 4.69) is 48.7 Å². The molecule has 0 radical (unpaired) electrons. The zero-order valence-electron chi connectivity index (χ0n) is 14.8. The maximum absolute atomic E-state index is 5.65. The molecule has 0 bridgehead atoms. The lowest BCUT2D eigenvalue weighted by molar-refractivity contribution is 0.242. The van der Waals surface area contributed by atoms with Gasteiger partial charge in [-0.2, -0.15) is 0 Å². The molecule has 4 heteroatoms. The predicted molar refractivity (Wildman–Crippen MR) is 106 cm³/mol. The van der Waals surface area contributed by atoms with E-state index in [1.807, 2.05) is 38.1 Å². The molecule has 0 aliphatic carbocycles. The van der Waals surface area contributed by atoms with Gasteiger partial charge in [0.05, 0.1) is 12.1 Å². The molecule has 0 spiro atoms. The molecule has 0 fully saturated rings. The molecule has 0 aromatic heterocycles. The monoisotopic (exact) mass is 342 g/mol. The summed E-state index contributed by atoms with van der Waals surface area (Å²) in [6.45, 7) is 8.32. The molecule has 24 heavy (non-hydrogen) atoms. The van der Waals surface area contributed by atoms with Crippen LogP contribution >= 0.6 is 12.2 Å². The summed E-state index contributed by atoms with van der Waals surface area (Å²) in [5.41, 5.74) is 3.50. The number of thiocarbonyl (C=S) groups is 1. The second-order valence-electron chi connectivity index (χ2n) is 6.11. The topological polar surface area (TPSA) is 33.3 Å². The number of aryl methyl sites for hydroxylation is 1. The molecule has 2 N–H and O–H groups in total. The van der Waals surface area contributed by atoms with Crippen LogP contribution in [0.25, 0.3) is 0 Å². The van der Waals surface area contributed by atoms with Crippen molar-refractivity contribution >= 4 is 23.0 Å². The summed E-state index contributed by atoms with van der Waals surface area (Å²) in [6, 6.07) is 16.4. The standard InChI is InChI=1S/C20H26N2OS/c1-5-19(18-9-7-6-8-15(18)4)22-20(24)21-16-10-12-17(13-11-16)23-14(2)3/h6-14,19H,5H2,1-4H3,(H2,21,22,24)/t19-/m1/s1. The fraction of sp³-hybridized carbons (Fsp3) is 0.350. The summed E-state index contributed by atoms with van der Waals surface area (Å²) in [7, 11) is 0. The van der Waals surface area contributed by atoms with Crippen molar-refractivity contribution in [1.29, 1.82) is 0 Å². The molecule has 0 unspecified atom stereocenters. The maximum atomic E-state index is 5.65. The van der Waals surface area contributed by atoms with E-state index in [0.717, 1.165) is 17.9 Å². The lowest BCUT2D eigenvalue weighted by Crippen LogP contribution is -2.32. The largest absolute Gasteiger partial charge is 0.491 e. The predicted octanol–water partition coefficient (Wildman–Crippen LogP) is 5.22. The Balaban J connectivity index is 1.98. The average molecular weight is 343 g/mol. The van der Waals surface area contributed by atoms with Crippen LogP contribution < -0.4 is 15.4 Å². The van der Waals surface area contributed by atoms with Gasteiger partial charge in [0, 0.05) is 5.69 Å². The number of rotatable bonds is 6. The lowest BCUT2D eigenvalue weighted by Gasteiger charge is -2.21. The summed E-state index contributed by atoms with van der Waals surface area (Å²) in [5.74, 6) is 0.862. The van der Waals surface area contributed by atoms with Crippen LogP contribution in [-0.2, 0) is 0 Å². The highest BCUT2D eigenvalue weighted by Gasteiger charge is 2.12. The Morgan fingerprint density at radius 2 is 1.75 bits per heavy atom. The Bertz CT molecular complexity index is 668. The van der Waals surface area contributed by atoms with Gasteiger partial charge >= 0.3 is 0 Å².